The molecule has 4 aromatic heterocycles. The summed E-state index contributed by atoms with van der Waals surface area (Å²) in [5.41, 5.74) is 7.21. The first-order valence-electron chi connectivity index (χ1n) is 15.7. The van der Waals surface area contributed by atoms with Gasteiger partial charge in [-0.2, -0.15) is 5.10 Å². The molecule has 47 heavy (non-hydrogen) atoms. The quantitative estimate of drug-likeness (QED) is 0.182. The van der Waals surface area contributed by atoms with Gasteiger partial charge >= 0.3 is 0 Å². The second-order valence-electron chi connectivity index (χ2n) is 11.8. The fourth-order valence-corrected chi connectivity index (χ4v) is 6.20. The molecule has 2 aliphatic rings. The van der Waals surface area contributed by atoms with Crippen LogP contribution in [0.4, 0.5) is 4.39 Å². The van der Waals surface area contributed by atoms with Crippen LogP contribution in [0, 0.1) is 5.82 Å². The van der Waals surface area contributed by atoms with E-state index in [2.05, 4.69) is 48.9 Å². The summed E-state index contributed by atoms with van der Waals surface area (Å²) in [6, 6.07) is 18.5. The van der Waals surface area contributed by atoms with Crippen LogP contribution in [0.5, 0.6) is 5.88 Å². The van der Waals surface area contributed by atoms with Crippen molar-refractivity contribution in [1.82, 2.24) is 39.2 Å². The number of fused-ring (bicyclic) bond motifs is 1. The van der Waals surface area contributed by atoms with Crippen molar-refractivity contribution in [3.8, 4) is 23.0 Å². The van der Waals surface area contributed by atoms with E-state index in [1.54, 1.807) is 24.4 Å². The van der Waals surface area contributed by atoms with Crippen LogP contribution in [0.3, 0.4) is 0 Å². The maximum Gasteiger partial charge on any atom is 0.214 e. The fraction of sp³-hybridized carbons (Fsp3) is 0.257. The average molecular weight is 651 g/mol. The molecule has 0 aliphatic carbocycles. The van der Waals surface area contributed by atoms with Crippen LogP contribution in [0.25, 0.3) is 33.7 Å². The van der Waals surface area contributed by atoms with Gasteiger partial charge in [-0.05, 0) is 60.9 Å². The van der Waals surface area contributed by atoms with Gasteiger partial charge in [0.15, 0.2) is 0 Å². The van der Waals surface area contributed by atoms with E-state index in [0.29, 0.717) is 16.5 Å². The summed E-state index contributed by atoms with van der Waals surface area (Å²) in [5, 5.41) is 7.36. The first-order valence-corrected chi connectivity index (χ1v) is 16.0. The SMILES string of the molecule is Fc1cc(Cl)ccc1COc1cccc(C2=CCN(Cc3nc4cc(-n5cnc(-c6ccn[nH]6)c5)ccc4n3C[C@@H]3CCO3)CC2)n1. The number of hydrogen-bond donors (Lipinski definition) is 1. The Kier molecular flexibility index (Phi) is 8.02. The Hall–Kier alpha value is -4.84. The lowest BCUT2D eigenvalue weighted by Crippen LogP contribution is -2.33. The van der Waals surface area contributed by atoms with Crippen molar-refractivity contribution in [2.24, 2.45) is 0 Å². The van der Waals surface area contributed by atoms with Gasteiger partial charge in [0.05, 0.1) is 47.9 Å². The molecule has 1 fully saturated rings. The zero-order chi connectivity index (χ0) is 31.7. The molecule has 1 saturated heterocycles. The summed E-state index contributed by atoms with van der Waals surface area (Å²) < 4.78 is 30.2. The van der Waals surface area contributed by atoms with E-state index in [1.807, 2.05) is 35.3 Å². The topological polar surface area (TPSA) is 98.9 Å². The highest BCUT2D eigenvalue weighted by Crippen LogP contribution is 2.28. The van der Waals surface area contributed by atoms with Crippen molar-refractivity contribution in [2.45, 2.75) is 38.6 Å². The second kappa shape index (κ2) is 12.7. The number of halogens is 2. The number of rotatable bonds is 10. The third-order valence-corrected chi connectivity index (χ3v) is 8.98. The largest absolute Gasteiger partial charge is 0.473 e. The van der Waals surface area contributed by atoms with Gasteiger partial charge in [-0.15, -0.1) is 0 Å². The lowest BCUT2D eigenvalue weighted by Gasteiger charge is -2.29. The van der Waals surface area contributed by atoms with Crippen molar-refractivity contribution in [3.63, 3.8) is 0 Å². The van der Waals surface area contributed by atoms with Gasteiger partial charge in [-0.25, -0.2) is 19.3 Å². The Labute approximate surface area is 275 Å². The number of H-pyrrole nitrogens is 1. The highest BCUT2D eigenvalue weighted by Gasteiger charge is 2.24. The number of hydrogen-bond acceptors (Lipinski definition) is 7. The third kappa shape index (κ3) is 6.29. The summed E-state index contributed by atoms with van der Waals surface area (Å²) in [6.07, 6.45) is 9.86. The normalized spacial score (nSPS) is 16.7. The number of benzene rings is 2. The molecule has 0 radical (unpaired) electrons. The molecule has 0 saturated carbocycles. The van der Waals surface area contributed by atoms with Crippen LogP contribution in [-0.2, 0) is 24.4 Å². The van der Waals surface area contributed by atoms with E-state index >= 15 is 0 Å². The van der Waals surface area contributed by atoms with Crippen molar-refractivity contribution in [2.75, 3.05) is 19.7 Å². The van der Waals surface area contributed by atoms with E-state index in [9.17, 15) is 4.39 Å². The van der Waals surface area contributed by atoms with E-state index < -0.39 is 5.82 Å². The predicted molar refractivity (Wildman–Crippen MR) is 177 cm³/mol. The number of nitrogens with one attached hydrogen (secondary N) is 1. The molecule has 1 N–H and O–H groups in total. The number of pyridine rings is 1. The fourth-order valence-electron chi connectivity index (χ4n) is 6.04. The molecular weight excluding hydrogens is 619 g/mol. The second-order valence-corrected chi connectivity index (χ2v) is 12.3. The molecule has 0 unspecified atom stereocenters. The van der Waals surface area contributed by atoms with Crippen LogP contribution >= 0.6 is 11.6 Å². The third-order valence-electron chi connectivity index (χ3n) is 8.75. The standard InChI is InChI=1S/C35H32ClFN8O2/c36-25-5-4-24(28(37)16-25)21-47-35-3-1-2-29(41-35)23-9-13-43(14-10-23)20-34-40-31-17-26(6-7-33(31)45(34)18-27-11-15-46-27)44-19-32(38-22-44)30-8-12-39-42-30/h1-9,12,16-17,19,22,27H,10-11,13-15,18,20-21H2,(H,39,42)/t27-/m0/s1. The Morgan fingerprint density at radius 1 is 1.06 bits per heavy atom. The van der Waals surface area contributed by atoms with Gasteiger partial charge < -0.3 is 18.6 Å². The van der Waals surface area contributed by atoms with E-state index in [1.165, 1.54) is 11.6 Å². The Bertz CT molecular complexity index is 2070. The molecule has 0 spiro atoms. The van der Waals surface area contributed by atoms with Gasteiger partial charge in [0.2, 0.25) is 5.88 Å². The molecule has 6 heterocycles. The zero-order valence-electron chi connectivity index (χ0n) is 25.5. The van der Waals surface area contributed by atoms with Crippen LogP contribution in [-0.4, -0.2) is 65.0 Å². The van der Waals surface area contributed by atoms with Gasteiger partial charge in [0, 0.05) is 54.4 Å². The maximum absolute atomic E-state index is 14.2. The zero-order valence-corrected chi connectivity index (χ0v) is 26.3. The first kappa shape index (κ1) is 29.6. The summed E-state index contributed by atoms with van der Waals surface area (Å²) in [4.78, 5) is 16.8. The minimum Gasteiger partial charge on any atom is -0.473 e. The van der Waals surface area contributed by atoms with Gasteiger partial charge in [0.1, 0.15) is 23.9 Å². The van der Waals surface area contributed by atoms with Crippen molar-refractivity contribution in [1.29, 1.82) is 0 Å². The number of nitrogens with zero attached hydrogens (tertiary/aromatic N) is 7. The van der Waals surface area contributed by atoms with Crippen LogP contribution < -0.4 is 4.74 Å². The van der Waals surface area contributed by atoms with Crippen molar-refractivity contribution >= 4 is 28.2 Å². The summed E-state index contributed by atoms with van der Waals surface area (Å²) in [7, 11) is 0. The van der Waals surface area contributed by atoms with Gasteiger partial charge in [-0.1, -0.05) is 29.8 Å². The molecule has 2 aliphatic heterocycles. The van der Waals surface area contributed by atoms with Crippen LogP contribution in [0.1, 0.15) is 29.9 Å². The molecule has 12 heteroatoms. The summed E-state index contributed by atoms with van der Waals surface area (Å²) in [6.45, 7) is 4.04. The Morgan fingerprint density at radius 2 is 2.00 bits per heavy atom. The van der Waals surface area contributed by atoms with Gasteiger partial charge in [-0.3, -0.25) is 10.00 Å². The molecule has 6 aromatic rings. The van der Waals surface area contributed by atoms with Gasteiger partial charge in [0.25, 0.3) is 0 Å². The smallest absolute Gasteiger partial charge is 0.214 e. The Balaban J connectivity index is 0.980. The number of aromatic nitrogens is 7. The average Bonchev–Trinajstić information content (AvgIpc) is 3.83. The molecule has 8 rings (SSSR count). The Morgan fingerprint density at radius 3 is 2.79 bits per heavy atom. The van der Waals surface area contributed by atoms with E-state index in [-0.39, 0.29) is 12.7 Å². The monoisotopic (exact) mass is 650 g/mol. The van der Waals surface area contributed by atoms with Crippen molar-refractivity contribution in [3.05, 3.63) is 113 Å². The number of ether oxygens (including phenoxy) is 2. The minimum absolute atomic E-state index is 0.0786. The maximum atomic E-state index is 14.2. The minimum atomic E-state index is -0.393. The predicted octanol–water partition coefficient (Wildman–Crippen LogP) is 6.46. The molecule has 1 atom stereocenters. The molecule has 2 aromatic carbocycles. The summed E-state index contributed by atoms with van der Waals surface area (Å²) >= 11 is 5.87. The highest BCUT2D eigenvalue weighted by atomic mass is 35.5. The van der Waals surface area contributed by atoms with E-state index in [0.717, 1.165) is 85.3 Å². The lowest BCUT2D eigenvalue weighted by molar-refractivity contribution is -0.0591. The molecule has 0 bridgehead atoms. The van der Waals surface area contributed by atoms with E-state index in [4.69, 9.17) is 31.0 Å². The number of aromatic amines is 1. The molecule has 10 nitrogen and oxygen atoms in total. The van der Waals surface area contributed by atoms with Crippen LogP contribution in [0.2, 0.25) is 5.02 Å². The summed E-state index contributed by atoms with van der Waals surface area (Å²) in [5.74, 6) is 1.09. The highest BCUT2D eigenvalue weighted by molar-refractivity contribution is 6.30. The molecule has 238 valence electrons. The van der Waals surface area contributed by atoms with Crippen molar-refractivity contribution < 1.29 is 13.9 Å². The molecular formula is C35H32ClFN8O2. The molecule has 0 amide bonds. The number of imidazole rings is 2. The van der Waals surface area contributed by atoms with Crippen LogP contribution in [0.15, 0.2) is 85.5 Å². The lowest BCUT2D eigenvalue weighted by atomic mass is 10.0. The first-order chi connectivity index (χ1) is 23.1.